The van der Waals surface area contributed by atoms with Crippen LogP contribution >= 0.6 is 15.9 Å². The van der Waals surface area contributed by atoms with Gasteiger partial charge in [0.1, 0.15) is 5.82 Å². The Kier molecular flexibility index (Phi) is 4.79. The van der Waals surface area contributed by atoms with Crippen molar-refractivity contribution >= 4 is 15.9 Å². The lowest BCUT2D eigenvalue weighted by Crippen LogP contribution is -2.42. The summed E-state index contributed by atoms with van der Waals surface area (Å²) in [5.74, 6) is -0.0969. The molecule has 0 amide bonds. The molecule has 0 saturated carbocycles. The summed E-state index contributed by atoms with van der Waals surface area (Å²) in [4.78, 5) is 0. The molecule has 1 unspecified atom stereocenters. The van der Waals surface area contributed by atoms with Crippen LogP contribution in [-0.4, -0.2) is 6.54 Å². The molecule has 1 aliphatic rings. The first-order valence-corrected chi connectivity index (χ1v) is 7.68. The highest BCUT2D eigenvalue weighted by Gasteiger charge is 2.34. The molecule has 1 heterocycles. The zero-order valence-corrected chi connectivity index (χ0v) is 12.5. The summed E-state index contributed by atoms with van der Waals surface area (Å²) in [6.07, 6.45) is 6.72. The first-order valence-electron chi connectivity index (χ1n) is 6.89. The standard InChI is InChI=1S/C15H21BrFN/c1-2-9-15(10-4-3-5-11-18-15)12-7-6-8-13(16)14(12)17/h6-8,18H,2-5,9-11H2,1H3. The van der Waals surface area contributed by atoms with Crippen LogP contribution in [0.25, 0.3) is 0 Å². The van der Waals surface area contributed by atoms with Crippen molar-refractivity contribution in [3.8, 4) is 0 Å². The zero-order chi connectivity index (χ0) is 13.0. The Hall–Kier alpha value is -0.410. The minimum Gasteiger partial charge on any atom is -0.307 e. The van der Waals surface area contributed by atoms with Crippen molar-refractivity contribution in [3.05, 3.63) is 34.1 Å². The highest BCUT2D eigenvalue weighted by atomic mass is 79.9. The maximum Gasteiger partial charge on any atom is 0.142 e. The summed E-state index contributed by atoms with van der Waals surface area (Å²) in [5.41, 5.74) is 0.666. The maximum atomic E-state index is 14.4. The molecule has 0 bridgehead atoms. The topological polar surface area (TPSA) is 12.0 Å². The molecule has 0 radical (unpaired) electrons. The van der Waals surface area contributed by atoms with E-state index in [1.165, 1.54) is 19.3 Å². The summed E-state index contributed by atoms with van der Waals surface area (Å²) in [5, 5.41) is 3.62. The van der Waals surface area contributed by atoms with Crippen molar-refractivity contribution in [3.63, 3.8) is 0 Å². The van der Waals surface area contributed by atoms with E-state index in [2.05, 4.69) is 28.2 Å². The highest BCUT2D eigenvalue weighted by Crippen LogP contribution is 2.37. The van der Waals surface area contributed by atoms with E-state index >= 15 is 0 Å². The first-order chi connectivity index (χ1) is 8.69. The molecule has 1 aromatic rings. The monoisotopic (exact) mass is 313 g/mol. The van der Waals surface area contributed by atoms with Gasteiger partial charge in [0.25, 0.3) is 0 Å². The fourth-order valence-corrected chi connectivity index (χ4v) is 3.39. The third kappa shape index (κ3) is 2.77. The molecule has 100 valence electrons. The van der Waals surface area contributed by atoms with Crippen LogP contribution in [-0.2, 0) is 5.54 Å². The maximum absolute atomic E-state index is 14.4. The van der Waals surface area contributed by atoms with E-state index in [1.807, 2.05) is 12.1 Å². The van der Waals surface area contributed by atoms with Gasteiger partial charge in [-0.15, -0.1) is 0 Å². The Labute approximate surface area is 117 Å². The molecule has 1 saturated heterocycles. The predicted octanol–water partition coefficient (Wildman–Crippen LogP) is 4.75. The van der Waals surface area contributed by atoms with E-state index < -0.39 is 0 Å². The second-order valence-electron chi connectivity index (χ2n) is 5.17. The van der Waals surface area contributed by atoms with Crippen LogP contribution in [0.3, 0.4) is 0 Å². The largest absolute Gasteiger partial charge is 0.307 e. The van der Waals surface area contributed by atoms with Crippen molar-refractivity contribution < 1.29 is 4.39 Å². The van der Waals surface area contributed by atoms with E-state index in [9.17, 15) is 4.39 Å². The van der Waals surface area contributed by atoms with Gasteiger partial charge in [-0.2, -0.15) is 0 Å². The van der Waals surface area contributed by atoms with Gasteiger partial charge in [0.05, 0.1) is 4.47 Å². The Morgan fingerprint density at radius 2 is 2.17 bits per heavy atom. The van der Waals surface area contributed by atoms with Crippen LogP contribution in [0, 0.1) is 5.82 Å². The van der Waals surface area contributed by atoms with Crippen LogP contribution in [0.4, 0.5) is 4.39 Å². The van der Waals surface area contributed by atoms with Gasteiger partial charge in [0.15, 0.2) is 0 Å². The lowest BCUT2D eigenvalue weighted by atomic mass is 9.81. The Balaban J connectivity index is 2.41. The van der Waals surface area contributed by atoms with Crippen molar-refractivity contribution in [1.29, 1.82) is 0 Å². The van der Waals surface area contributed by atoms with Crippen LogP contribution in [0.2, 0.25) is 0 Å². The third-order valence-corrected chi connectivity index (χ3v) is 4.50. The van der Waals surface area contributed by atoms with Gasteiger partial charge in [0, 0.05) is 11.1 Å². The number of hydrogen-bond acceptors (Lipinski definition) is 1. The molecule has 1 N–H and O–H groups in total. The average molecular weight is 314 g/mol. The van der Waals surface area contributed by atoms with Gasteiger partial charge < -0.3 is 5.32 Å². The lowest BCUT2D eigenvalue weighted by Gasteiger charge is -2.35. The van der Waals surface area contributed by atoms with Crippen molar-refractivity contribution in [2.24, 2.45) is 0 Å². The van der Waals surface area contributed by atoms with Gasteiger partial charge in [0.2, 0.25) is 0 Å². The van der Waals surface area contributed by atoms with Crippen LogP contribution in [0.15, 0.2) is 22.7 Å². The number of rotatable bonds is 3. The summed E-state index contributed by atoms with van der Waals surface area (Å²) in [7, 11) is 0. The van der Waals surface area contributed by atoms with Crippen molar-refractivity contribution in [1.82, 2.24) is 5.32 Å². The highest BCUT2D eigenvalue weighted by molar-refractivity contribution is 9.10. The molecule has 1 aliphatic heterocycles. The molecule has 0 aromatic heterocycles. The molecule has 1 atom stereocenters. The fourth-order valence-electron chi connectivity index (χ4n) is 3.02. The molecule has 2 rings (SSSR count). The molecule has 0 aliphatic carbocycles. The number of hydrogen-bond donors (Lipinski definition) is 1. The molecule has 18 heavy (non-hydrogen) atoms. The predicted molar refractivity (Wildman–Crippen MR) is 77.2 cm³/mol. The van der Waals surface area contributed by atoms with Crippen LogP contribution in [0.1, 0.15) is 51.0 Å². The number of halogens is 2. The summed E-state index contributed by atoms with van der Waals surface area (Å²) >= 11 is 3.30. The summed E-state index contributed by atoms with van der Waals surface area (Å²) < 4.78 is 15.0. The molecular formula is C15H21BrFN. The molecular weight excluding hydrogens is 293 g/mol. The van der Waals surface area contributed by atoms with Gasteiger partial charge in [-0.3, -0.25) is 0 Å². The Morgan fingerprint density at radius 1 is 1.33 bits per heavy atom. The van der Waals surface area contributed by atoms with E-state index in [1.54, 1.807) is 6.07 Å². The third-order valence-electron chi connectivity index (χ3n) is 3.89. The van der Waals surface area contributed by atoms with E-state index in [-0.39, 0.29) is 11.4 Å². The fraction of sp³-hybridized carbons (Fsp3) is 0.600. The van der Waals surface area contributed by atoms with E-state index in [4.69, 9.17) is 0 Å². The number of benzene rings is 1. The molecule has 0 spiro atoms. The average Bonchev–Trinajstić information content (AvgIpc) is 2.59. The second-order valence-corrected chi connectivity index (χ2v) is 6.03. The summed E-state index contributed by atoms with van der Waals surface area (Å²) in [6, 6.07) is 5.65. The minimum atomic E-state index is -0.168. The van der Waals surface area contributed by atoms with Crippen LogP contribution in [0.5, 0.6) is 0 Å². The van der Waals surface area contributed by atoms with Gasteiger partial charge >= 0.3 is 0 Å². The molecule has 1 fully saturated rings. The Morgan fingerprint density at radius 3 is 2.94 bits per heavy atom. The zero-order valence-electron chi connectivity index (χ0n) is 10.9. The van der Waals surface area contributed by atoms with E-state index in [0.29, 0.717) is 4.47 Å². The molecule has 1 aromatic carbocycles. The van der Waals surface area contributed by atoms with Gasteiger partial charge in [-0.25, -0.2) is 4.39 Å². The first kappa shape index (κ1) is 14.0. The van der Waals surface area contributed by atoms with Gasteiger partial charge in [-0.1, -0.05) is 38.3 Å². The van der Waals surface area contributed by atoms with Crippen molar-refractivity contribution in [2.75, 3.05) is 6.54 Å². The quantitative estimate of drug-likeness (QED) is 0.849. The molecule has 3 heteroatoms. The minimum absolute atomic E-state index is 0.0969. The SMILES string of the molecule is CCCC1(c2cccc(Br)c2F)CCCCCN1. The summed E-state index contributed by atoms with van der Waals surface area (Å²) in [6.45, 7) is 3.16. The smallest absolute Gasteiger partial charge is 0.142 e. The van der Waals surface area contributed by atoms with Gasteiger partial charge in [-0.05, 0) is 47.8 Å². The normalized spacial score (nSPS) is 24.8. The lowest BCUT2D eigenvalue weighted by molar-refractivity contribution is 0.286. The number of nitrogens with one attached hydrogen (secondary N) is 1. The second kappa shape index (κ2) is 6.16. The molecule has 1 nitrogen and oxygen atoms in total. The Bertz CT molecular complexity index is 397. The van der Waals surface area contributed by atoms with Crippen LogP contribution < -0.4 is 5.32 Å². The van der Waals surface area contributed by atoms with E-state index in [0.717, 1.165) is 31.4 Å². The van der Waals surface area contributed by atoms with Crippen molar-refractivity contribution in [2.45, 2.75) is 51.0 Å².